The van der Waals surface area contributed by atoms with E-state index in [9.17, 15) is 0 Å². The molecule has 104 valence electrons. The van der Waals surface area contributed by atoms with Crippen molar-refractivity contribution in [1.82, 2.24) is 0 Å². The lowest BCUT2D eigenvalue weighted by atomic mass is 10.7. The summed E-state index contributed by atoms with van der Waals surface area (Å²) in [4.78, 5) is 14.3. The third kappa shape index (κ3) is 7.75. The fraction of sp³-hybridized carbons (Fsp3) is 1.00. The van der Waals surface area contributed by atoms with Gasteiger partial charge in [-0.2, -0.15) is 13.7 Å². The van der Waals surface area contributed by atoms with Crippen molar-refractivity contribution >= 4 is 9.05 Å². The van der Waals surface area contributed by atoms with E-state index in [1.165, 1.54) is 0 Å². The van der Waals surface area contributed by atoms with Gasteiger partial charge in [0.05, 0.1) is 26.0 Å². The summed E-state index contributed by atoms with van der Waals surface area (Å²) in [5.41, 5.74) is 5.50. The maximum Gasteiger partial charge on any atom is 0.765 e. The normalized spacial score (nSPS) is 13.9. The van der Waals surface area contributed by atoms with Crippen LogP contribution in [0.3, 0.4) is 0 Å². The van der Waals surface area contributed by atoms with E-state index in [0.29, 0.717) is 0 Å². The lowest BCUT2D eigenvalue weighted by molar-refractivity contribution is -0.388. The van der Waals surface area contributed by atoms with Crippen molar-refractivity contribution in [2.24, 2.45) is 5.73 Å². The molecule has 2 N–H and O–H groups in total. The lowest BCUT2D eigenvalue weighted by Crippen LogP contribution is -2.52. The molecule has 0 rings (SSSR count). The molecule has 0 heterocycles. The molecular weight excluding hydrogens is 250 g/mol. The molecule has 0 aromatic rings. The van der Waals surface area contributed by atoms with Gasteiger partial charge in [-0.3, -0.25) is 0 Å². The minimum absolute atomic E-state index is 0.280. The monoisotopic (exact) mass is 271 g/mol. The topological polar surface area (TPSA) is 90.6 Å². The first-order chi connectivity index (χ1) is 8.10. The number of nitrogens with two attached hydrogens (primary N) is 1. The molecule has 0 aliphatic rings. The van der Waals surface area contributed by atoms with Crippen molar-refractivity contribution in [3.63, 3.8) is 0 Å². The quantitative estimate of drug-likeness (QED) is 0.253. The second kappa shape index (κ2) is 9.88. The summed E-state index contributed by atoms with van der Waals surface area (Å²) in [6.45, 7) is 7.61. The van der Waals surface area contributed by atoms with E-state index in [-0.39, 0.29) is 19.8 Å². The van der Waals surface area contributed by atoms with E-state index >= 15 is 0 Å². The Balaban J connectivity index is 4.51. The van der Waals surface area contributed by atoms with Crippen LogP contribution in [0.25, 0.3) is 0 Å². The molecular formula is C8H21NO7Si. The van der Waals surface area contributed by atoms with Gasteiger partial charge in [-0.1, -0.05) is 0 Å². The number of rotatable bonds is 11. The van der Waals surface area contributed by atoms with Crippen LogP contribution in [0.5, 0.6) is 0 Å². The number of hydrogen-bond acceptors (Lipinski definition) is 8. The summed E-state index contributed by atoms with van der Waals surface area (Å²) < 4.78 is 20.0. The van der Waals surface area contributed by atoms with Crippen LogP contribution in [-0.4, -0.2) is 35.1 Å². The molecule has 0 aliphatic heterocycles. The zero-order valence-corrected chi connectivity index (χ0v) is 11.6. The highest BCUT2D eigenvalue weighted by Crippen LogP contribution is 2.15. The molecule has 1 unspecified atom stereocenters. The Hall–Kier alpha value is -0.103. The number of hydrogen-bond donors (Lipinski definition) is 1. The molecule has 17 heavy (non-hydrogen) atoms. The second-order valence-electron chi connectivity index (χ2n) is 2.79. The molecule has 0 radical (unpaired) electrons. The fourth-order valence-electron chi connectivity index (χ4n) is 0.722. The molecule has 9 heteroatoms. The Kier molecular flexibility index (Phi) is 9.82. The van der Waals surface area contributed by atoms with Gasteiger partial charge < -0.3 is 10.2 Å². The summed E-state index contributed by atoms with van der Waals surface area (Å²) >= 11 is 0. The van der Waals surface area contributed by atoms with Crippen molar-refractivity contribution in [2.45, 2.75) is 33.9 Å². The van der Waals surface area contributed by atoms with E-state index in [2.05, 4.69) is 0 Å². The van der Waals surface area contributed by atoms with Crippen molar-refractivity contribution in [1.29, 1.82) is 0 Å². The predicted molar refractivity (Wildman–Crippen MR) is 58.6 cm³/mol. The second-order valence-corrected chi connectivity index (χ2v) is 4.53. The molecule has 8 nitrogen and oxygen atoms in total. The van der Waals surface area contributed by atoms with Gasteiger partial charge >= 0.3 is 9.05 Å². The molecule has 0 saturated carbocycles. The smallest absolute Gasteiger partial charge is 0.332 e. The molecule has 0 spiro atoms. The van der Waals surface area contributed by atoms with Crippen molar-refractivity contribution in [3.05, 3.63) is 0 Å². The van der Waals surface area contributed by atoms with Crippen molar-refractivity contribution in [3.8, 4) is 0 Å². The van der Waals surface area contributed by atoms with E-state index in [4.69, 9.17) is 38.6 Å². The van der Waals surface area contributed by atoms with Crippen molar-refractivity contribution < 1.29 is 32.8 Å². The molecule has 1 atom stereocenters. The SMILES string of the molecule is CCOO[Si](OOCC)(OOCC)OC(C)N. The molecule has 0 aliphatic carbocycles. The maximum atomic E-state index is 5.50. The van der Waals surface area contributed by atoms with Crippen LogP contribution in [0, 0.1) is 0 Å². The lowest BCUT2D eigenvalue weighted by Gasteiger charge is -2.25. The summed E-state index contributed by atoms with van der Waals surface area (Å²) in [7, 11) is -3.71. The highest BCUT2D eigenvalue weighted by atomic mass is 28.4. The van der Waals surface area contributed by atoms with Gasteiger partial charge in [-0.05, 0) is 27.7 Å². The van der Waals surface area contributed by atoms with Crippen LogP contribution in [0.15, 0.2) is 0 Å². The maximum absolute atomic E-state index is 5.50. The van der Waals surface area contributed by atoms with E-state index < -0.39 is 15.3 Å². The van der Waals surface area contributed by atoms with Gasteiger partial charge in [-0.15, -0.1) is 0 Å². The average molecular weight is 271 g/mol. The Morgan fingerprint density at radius 1 is 0.882 bits per heavy atom. The Labute approximate surface area is 102 Å². The van der Waals surface area contributed by atoms with E-state index in [1.807, 2.05) is 0 Å². The largest absolute Gasteiger partial charge is 0.765 e. The first-order valence-electron chi connectivity index (χ1n) is 5.45. The van der Waals surface area contributed by atoms with Gasteiger partial charge in [0, 0.05) is 0 Å². The van der Waals surface area contributed by atoms with E-state index in [0.717, 1.165) is 0 Å². The molecule has 0 aromatic carbocycles. The van der Waals surface area contributed by atoms with Crippen LogP contribution in [0.1, 0.15) is 27.7 Å². The molecule has 0 fully saturated rings. The third-order valence-corrected chi connectivity index (χ3v) is 2.79. The Morgan fingerprint density at radius 2 is 1.24 bits per heavy atom. The Morgan fingerprint density at radius 3 is 1.47 bits per heavy atom. The molecule has 0 amide bonds. The average Bonchev–Trinajstić information content (AvgIpc) is 2.30. The molecule has 0 saturated heterocycles. The molecule has 0 aromatic heterocycles. The zero-order valence-electron chi connectivity index (χ0n) is 10.6. The zero-order chi connectivity index (χ0) is 13.1. The van der Waals surface area contributed by atoms with Gasteiger partial charge in [0.15, 0.2) is 0 Å². The van der Waals surface area contributed by atoms with Crippen LogP contribution < -0.4 is 5.73 Å². The third-order valence-electron chi connectivity index (χ3n) is 1.17. The van der Waals surface area contributed by atoms with E-state index in [1.54, 1.807) is 27.7 Å². The van der Waals surface area contributed by atoms with Crippen LogP contribution >= 0.6 is 0 Å². The van der Waals surface area contributed by atoms with Gasteiger partial charge in [0.2, 0.25) is 0 Å². The fourth-order valence-corrected chi connectivity index (χ4v) is 2.16. The van der Waals surface area contributed by atoms with Gasteiger partial charge in [0.1, 0.15) is 0 Å². The minimum atomic E-state index is -3.71. The van der Waals surface area contributed by atoms with Crippen LogP contribution in [0.2, 0.25) is 0 Å². The Bertz CT molecular complexity index is 161. The summed E-state index contributed by atoms with van der Waals surface area (Å²) in [6, 6.07) is 0. The summed E-state index contributed by atoms with van der Waals surface area (Å²) in [5, 5.41) is 0. The highest BCUT2D eigenvalue weighted by molar-refractivity contribution is 6.52. The van der Waals surface area contributed by atoms with Crippen LogP contribution in [-0.2, 0) is 32.8 Å². The summed E-state index contributed by atoms with van der Waals surface area (Å²) in [6.07, 6.45) is -0.692. The van der Waals surface area contributed by atoms with Gasteiger partial charge in [0.25, 0.3) is 0 Å². The molecule has 0 bridgehead atoms. The predicted octanol–water partition coefficient (Wildman–Crippen LogP) is 0.648. The van der Waals surface area contributed by atoms with Crippen LogP contribution in [0.4, 0.5) is 0 Å². The first-order valence-corrected chi connectivity index (χ1v) is 7.08. The highest BCUT2D eigenvalue weighted by Gasteiger charge is 2.53. The standard InChI is InChI=1S/C8H21NO7Si/c1-5-10-14-17(13-8(4)9,15-11-6-2)16-12-7-3/h8H,5-7,9H2,1-4H3. The first kappa shape index (κ1) is 16.9. The summed E-state index contributed by atoms with van der Waals surface area (Å²) in [5.74, 6) is 0. The van der Waals surface area contributed by atoms with Crippen molar-refractivity contribution in [2.75, 3.05) is 19.8 Å². The minimum Gasteiger partial charge on any atom is -0.332 e. The van der Waals surface area contributed by atoms with Gasteiger partial charge in [-0.25, -0.2) is 14.7 Å².